The fraction of sp³-hybridized carbons (Fsp3) is 0.0909. The Morgan fingerprint density at radius 1 is 0.963 bits per heavy atom. The van der Waals surface area contributed by atoms with Gasteiger partial charge in [0.1, 0.15) is 6.07 Å². The number of rotatable bonds is 6. The SMILES string of the molecule is N#Cc1ccc(Cl)cc1NC(=O)CNc1ccccc1Cc1ccccc1. The van der Waals surface area contributed by atoms with Crippen molar-refractivity contribution in [3.63, 3.8) is 0 Å². The van der Waals surface area contributed by atoms with Crippen molar-refractivity contribution >= 4 is 28.9 Å². The van der Waals surface area contributed by atoms with Crippen molar-refractivity contribution in [2.45, 2.75) is 6.42 Å². The number of hydrogen-bond acceptors (Lipinski definition) is 3. The third-order valence-electron chi connectivity index (χ3n) is 4.07. The lowest BCUT2D eigenvalue weighted by Crippen LogP contribution is -2.22. The minimum Gasteiger partial charge on any atom is -0.376 e. The Hall–Kier alpha value is -3.29. The summed E-state index contributed by atoms with van der Waals surface area (Å²) in [7, 11) is 0. The van der Waals surface area contributed by atoms with Gasteiger partial charge >= 0.3 is 0 Å². The summed E-state index contributed by atoms with van der Waals surface area (Å²) < 4.78 is 0. The number of para-hydroxylation sites is 1. The molecule has 0 saturated heterocycles. The lowest BCUT2D eigenvalue weighted by Gasteiger charge is -2.13. The van der Waals surface area contributed by atoms with Crippen molar-refractivity contribution in [3.8, 4) is 6.07 Å². The normalized spacial score (nSPS) is 10.1. The second kappa shape index (κ2) is 8.88. The van der Waals surface area contributed by atoms with Crippen LogP contribution in [-0.2, 0) is 11.2 Å². The first kappa shape index (κ1) is 18.5. The minimum absolute atomic E-state index is 0.0865. The molecule has 134 valence electrons. The number of nitrogens with zero attached hydrogens (tertiary/aromatic N) is 1. The quantitative estimate of drug-likeness (QED) is 0.647. The second-order valence-corrected chi connectivity index (χ2v) is 6.46. The van der Waals surface area contributed by atoms with Crippen LogP contribution in [0.3, 0.4) is 0 Å². The molecule has 27 heavy (non-hydrogen) atoms. The Balaban J connectivity index is 1.66. The third kappa shape index (κ3) is 5.10. The summed E-state index contributed by atoms with van der Waals surface area (Å²) in [6, 6.07) is 24.9. The van der Waals surface area contributed by atoms with Crippen LogP contribution in [0.1, 0.15) is 16.7 Å². The zero-order valence-corrected chi connectivity index (χ0v) is 15.3. The Morgan fingerprint density at radius 2 is 1.70 bits per heavy atom. The molecule has 3 rings (SSSR count). The van der Waals surface area contributed by atoms with Crippen LogP contribution in [-0.4, -0.2) is 12.5 Å². The average Bonchev–Trinajstić information content (AvgIpc) is 2.68. The summed E-state index contributed by atoms with van der Waals surface area (Å²) >= 11 is 5.95. The van der Waals surface area contributed by atoms with Crippen LogP contribution in [0, 0.1) is 11.3 Å². The molecule has 0 aliphatic carbocycles. The van der Waals surface area contributed by atoms with Gasteiger partial charge in [0.05, 0.1) is 17.8 Å². The van der Waals surface area contributed by atoms with E-state index in [1.807, 2.05) is 48.5 Å². The first-order valence-corrected chi connectivity index (χ1v) is 8.88. The topological polar surface area (TPSA) is 64.9 Å². The van der Waals surface area contributed by atoms with Gasteiger partial charge in [0.15, 0.2) is 0 Å². The molecule has 0 spiro atoms. The van der Waals surface area contributed by atoms with Gasteiger partial charge in [-0.1, -0.05) is 60.1 Å². The number of benzene rings is 3. The second-order valence-electron chi connectivity index (χ2n) is 6.02. The molecule has 3 aromatic carbocycles. The van der Waals surface area contributed by atoms with E-state index in [-0.39, 0.29) is 12.5 Å². The van der Waals surface area contributed by atoms with Gasteiger partial charge in [-0.25, -0.2) is 0 Å². The molecule has 0 aliphatic heterocycles. The maximum absolute atomic E-state index is 12.3. The summed E-state index contributed by atoms with van der Waals surface area (Å²) in [5.74, 6) is -0.247. The molecule has 0 atom stereocenters. The Labute approximate surface area is 163 Å². The first-order valence-electron chi connectivity index (χ1n) is 8.51. The number of amides is 1. The standard InChI is InChI=1S/C22H18ClN3O/c23-19-11-10-18(14-24)21(13-19)26-22(27)15-25-20-9-5-4-8-17(20)12-16-6-2-1-3-7-16/h1-11,13,25H,12,15H2,(H,26,27). The van der Waals surface area contributed by atoms with Gasteiger partial charge in [0.2, 0.25) is 5.91 Å². The number of carbonyl (C=O) groups excluding carboxylic acids is 1. The van der Waals surface area contributed by atoms with E-state index < -0.39 is 0 Å². The smallest absolute Gasteiger partial charge is 0.243 e. The molecular formula is C22H18ClN3O. The van der Waals surface area contributed by atoms with Crippen LogP contribution in [0.4, 0.5) is 11.4 Å². The number of hydrogen-bond donors (Lipinski definition) is 2. The van der Waals surface area contributed by atoms with E-state index in [2.05, 4.69) is 22.8 Å². The van der Waals surface area contributed by atoms with Gasteiger partial charge in [-0.05, 0) is 41.8 Å². The molecule has 0 radical (unpaired) electrons. The van der Waals surface area contributed by atoms with Gasteiger partial charge < -0.3 is 10.6 Å². The third-order valence-corrected chi connectivity index (χ3v) is 4.31. The summed E-state index contributed by atoms with van der Waals surface area (Å²) in [6.45, 7) is 0.0865. The highest BCUT2D eigenvalue weighted by Gasteiger charge is 2.09. The van der Waals surface area contributed by atoms with E-state index in [0.717, 1.165) is 17.7 Å². The molecule has 2 N–H and O–H groups in total. The van der Waals surface area contributed by atoms with E-state index >= 15 is 0 Å². The molecule has 0 unspecified atom stereocenters. The first-order chi connectivity index (χ1) is 13.2. The van der Waals surface area contributed by atoms with E-state index in [1.54, 1.807) is 18.2 Å². The Bertz CT molecular complexity index is 980. The number of halogens is 1. The Kier molecular flexibility index (Phi) is 6.09. The molecule has 0 aliphatic rings. The summed E-state index contributed by atoms with van der Waals surface area (Å²) in [4.78, 5) is 12.3. The zero-order valence-electron chi connectivity index (χ0n) is 14.6. The molecule has 1 amide bonds. The minimum atomic E-state index is -0.247. The number of nitriles is 1. The lowest BCUT2D eigenvalue weighted by molar-refractivity contribution is -0.114. The van der Waals surface area contributed by atoms with E-state index in [0.29, 0.717) is 16.3 Å². The van der Waals surface area contributed by atoms with Crippen molar-refractivity contribution in [2.24, 2.45) is 0 Å². The number of nitrogens with one attached hydrogen (secondary N) is 2. The monoisotopic (exact) mass is 375 g/mol. The number of anilines is 2. The van der Waals surface area contributed by atoms with Crippen LogP contribution in [0.25, 0.3) is 0 Å². The molecular weight excluding hydrogens is 358 g/mol. The molecule has 0 fully saturated rings. The van der Waals surface area contributed by atoms with Gasteiger partial charge in [-0.2, -0.15) is 5.26 Å². The molecule has 5 heteroatoms. The van der Waals surface area contributed by atoms with Crippen LogP contribution < -0.4 is 10.6 Å². The highest BCUT2D eigenvalue weighted by atomic mass is 35.5. The Morgan fingerprint density at radius 3 is 2.48 bits per heavy atom. The van der Waals surface area contributed by atoms with Crippen molar-refractivity contribution < 1.29 is 4.79 Å². The summed E-state index contributed by atoms with van der Waals surface area (Å²) in [5.41, 5.74) is 4.00. The van der Waals surface area contributed by atoms with Crippen LogP contribution in [0.15, 0.2) is 72.8 Å². The lowest BCUT2D eigenvalue weighted by atomic mass is 10.0. The van der Waals surface area contributed by atoms with Gasteiger partial charge in [0.25, 0.3) is 0 Å². The van der Waals surface area contributed by atoms with Crippen LogP contribution in [0.5, 0.6) is 0 Å². The molecule has 4 nitrogen and oxygen atoms in total. The molecule has 0 bridgehead atoms. The molecule has 0 aromatic heterocycles. The largest absolute Gasteiger partial charge is 0.376 e. The summed E-state index contributed by atoms with van der Waals surface area (Å²) in [5, 5.41) is 15.5. The van der Waals surface area contributed by atoms with E-state index in [4.69, 9.17) is 16.9 Å². The van der Waals surface area contributed by atoms with Gasteiger partial charge in [0, 0.05) is 10.7 Å². The predicted molar refractivity (Wildman–Crippen MR) is 109 cm³/mol. The molecule has 0 saturated carbocycles. The fourth-order valence-electron chi connectivity index (χ4n) is 2.75. The highest BCUT2D eigenvalue weighted by molar-refractivity contribution is 6.31. The van der Waals surface area contributed by atoms with Gasteiger partial charge in [-0.15, -0.1) is 0 Å². The predicted octanol–water partition coefficient (Wildman–Crippen LogP) is 4.85. The number of carbonyl (C=O) groups is 1. The molecule has 0 heterocycles. The van der Waals surface area contributed by atoms with Crippen LogP contribution in [0.2, 0.25) is 5.02 Å². The maximum Gasteiger partial charge on any atom is 0.243 e. The van der Waals surface area contributed by atoms with E-state index in [9.17, 15) is 4.79 Å². The average molecular weight is 376 g/mol. The maximum atomic E-state index is 12.3. The fourth-order valence-corrected chi connectivity index (χ4v) is 2.92. The summed E-state index contributed by atoms with van der Waals surface area (Å²) in [6.07, 6.45) is 0.776. The van der Waals surface area contributed by atoms with Crippen molar-refractivity contribution in [3.05, 3.63) is 94.5 Å². The van der Waals surface area contributed by atoms with Crippen molar-refractivity contribution in [1.29, 1.82) is 5.26 Å². The highest BCUT2D eigenvalue weighted by Crippen LogP contribution is 2.21. The van der Waals surface area contributed by atoms with Crippen molar-refractivity contribution in [2.75, 3.05) is 17.2 Å². The van der Waals surface area contributed by atoms with E-state index in [1.165, 1.54) is 5.56 Å². The zero-order chi connectivity index (χ0) is 19.1. The van der Waals surface area contributed by atoms with Gasteiger partial charge in [-0.3, -0.25) is 4.79 Å². The van der Waals surface area contributed by atoms with Crippen LogP contribution >= 0.6 is 11.6 Å². The molecule has 3 aromatic rings. The van der Waals surface area contributed by atoms with Crippen molar-refractivity contribution in [1.82, 2.24) is 0 Å².